The van der Waals surface area contributed by atoms with E-state index in [0.717, 1.165) is 0 Å². The first-order valence-electron chi connectivity index (χ1n) is 8.50. The average Bonchev–Trinajstić information content (AvgIpc) is 3.09. The van der Waals surface area contributed by atoms with Gasteiger partial charge in [-0.15, -0.1) is 0 Å². The molecule has 136 valence electrons. The Hall–Kier alpha value is -2.67. The van der Waals surface area contributed by atoms with Crippen LogP contribution in [0.15, 0.2) is 35.6 Å². The number of morpholine rings is 1. The number of nitrogens with one attached hydrogen (secondary N) is 1. The van der Waals surface area contributed by atoms with Gasteiger partial charge in [-0.3, -0.25) is 9.59 Å². The van der Waals surface area contributed by atoms with Gasteiger partial charge in [0.15, 0.2) is 0 Å². The van der Waals surface area contributed by atoms with Crippen LogP contribution in [0.5, 0.6) is 0 Å². The van der Waals surface area contributed by atoms with Crippen molar-refractivity contribution < 1.29 is 23.5 Å². The quantitative estimate of drug-likeness (QED) is 0.781. The maximum Gasteiger partial charge on any atom is 0.260 e. The first kappa shape index (κ1) is 16.8. The van der Waals surface area contributed by atoms with Gasteiger partial charge in [-0.2, -0.15) is 0 Å². The molecule has 7 heteroatoms. The van der Waals surface area contributed by atoms with E-state index in [4.69, 9.17) is 9.47 Å². The molecule has 1 aromatic carbocycles. The van der Waals surface area contributed by atoms with E-state index in [1.54, 1.807) is 24.8 Å². The Labute approximate surface area is 150 Å². The van der Waals surface area contributed by atoms with Gasteiger partial charge in [-0.1, -0.05) is 0 Å². The third kappa shape index (κ3) is 2.68. The zero-order valence-corrected chi connectivity index (χ0v) is 14.6. The fraction of sp³-hybridized carbons (Fsp3) is 0.368. The van der Waals surface area contributed by atoms with Gasteiger partial charge in [-0.25, -0.2) is 4.39 Å². The summed E-state index contributed by atoms with van der Waals surface area (Å²) < 4.78 is 24.7. The number of benzene rings is 1. The highest BCUT2D eigenvalue weighted by Crippen LogP contribution is 2.41. The molecule has 0 bridgehead atoms. The molecule has 0 atom stereocenters. The van der Waals surface area contributed by atoms with Crippen molar-refractivity contribution in [1.29, 1.82) is 0 Å². The molecule has 2 amide bonds. The number of hydrogen-bond donors (Lipinski definition) is 1. The number of rotatable bonds is 1. The molecule has 0 spiro atoms. The number of carbonyl (C=O) groups excluding carboxylic acids is 2. The minimum absolute atomic E-state index is 0.119. The number of anilines is 1. The lowest BCUT2D eigenvalue weighted by Gasteiger charge is -2.30. The van der Waals surface area contributed by atoms with Crippen LogP contribution < -0.4 is 5.32 Å². The topological polar surface area (TPSA) is 67.9 Å². The smallest absolute Gasteiger partial charge is 0.260 e. The standard InChI is InChI=1S/C19H19FN2O4/c1-19(2)13(18(24)22-5-7-25-8-6-22)10-15(26-19)16-12-4-3-11(20)9-14(12)21-17(16)23/h3-4,9-10H,5-8H2,1-2H3,(H,21,23)/b16-15+. The number of carbonyl (C=O) groups is 2. The van der Waals surface area contributed by atoms with Crippen molar-refractivity contribution in [2.45, 2.75) is 19.4 Å². The molecule has 1 aromatic rings. The van der Waals surface area contributed by atoms with Crippen LogP contribution in [0.2, 0.25) is 0 Å². The van der Waals surface area contributed by atoms with E-state index in [1.807, 2.05) is 0 Å². The van der Waals surface area contributed by atoms with E-state index in [9.17, 15) is 14.0 Å². The summed E-state index contributed by atoms with van der Waals surface area (Å²) in [4.78, 5) is 27.0. The van der Waals surface area contributed by atoms with E-state index in [1.165, 1.54) is 18.2 Å². The summed E-state index contributed by atoms with van der Waals surface area (Å²) in [5.41, 5.74) is 0.919. The van der Waals surface area contributed by atoms with Crippen molar-refractivity contribution in [1.82, 2.24) is 4.90 Å². The monoisotopic (exact) mass is 358 g/mol. The number of ether oxygens (including phenoxy) is 2. The Morgan fingerprint density at radius 3 is 2.73 bits per heavy atom. The van der Waals surface area contributed by atoms with Crippen LogP contribution in [0.4, 0.5) is 10.1 Å². The van der Waals surface area contributed by atoms with E-state index in [2.05, 4.69) is 5.32 Å². The van der Waals surface area contributed by atoms with Gasteiger partial charge >= 0.3 is 0 Å². The fourth-order valence-corrected chi connectivity index (χ4v) is 3.43. The lowest BCUT2D eigenvalue weighted by Crippen LogP contribution is -2.44. The highest BCUT2D eigenvalue weighted by atomic mass is 19.1. The first-order valence-corrected chi connectivity index (χ1v) is 8.50. The average molecular weight is 358 g/mol. The zero-order valence-electron chi connectivity index (χ0n) is 14.6. The first-order chi connectivity index (χ1) is 12.4. The van der Waals surface area contributed by atoms with Crippen LogP contribution in [0.3, 0.4) is 0 Å². The van der Waals surface area contributed by atoms with Crippen molar-refractivity contribution in [2.75, 3.05) is 31.6 Å². The largest absolute Gasteiger partial charge is 0.482 e. The maximum atomic E-state index is 13.4. The highest BCUT2D eigenvalue weighted by Gasteiger charge is 2.41. The second-order valence-electron chi connectivity index (χ2n) is 6.96. The van der Waals surface area contributed by atoms with Gasteiger partial charge in [0.05, 0.1) is 30.0 Å². The number of amides is 2. The summed E-state index contributed by atoms with van der Waals surface area (Å²) >= 11 is 0. The van der Waals surface area contributed by atoms with E-state index in [-0.39, 0.29) is 11.8 Å². The third-order valence-corrected chi connectivity index (χ3v) is 4.79. The number of halogens is 1. The highest BCUT2D eigenvalue weighted by molar-refractivity contribution is 6.32. The summed E-state index contributed by atoms with van der Waals surface area (Å²) in [5.74, 6) is -0.587. The van der Waals surface area contributed by atoms with E-state index >= 15 is 0 Å². The van der Waals surface area contributed by atoms with Crippen molar-refractivity contribution in [3.8, 4) is 0 Å². The Kier molecular flexibility index (Phi) is 3.84. The molecule has 3 aliphatic heterocycles. The molecule has 0 unspecified atom stereocenters. The van der Waals surface area contributed by atoms with Crippen LogP contribution in [0.1, 0.15) is 19.4 Å². The zero-order chi connectivity index (χ0) is 18.5. The minimum atomic E-state index is -0.860. The van der Waals surface area contributed by atoms with Gasteiger partial charge in [0.2, 0.25) is 0 Å². The molecule has 0 aliphatic carbocycles. The van der Waals surface area contributed by atoms with Crippen molar-refractivity contribution in [3.63, 3.8) is 0 Å². The Morgan fingerprint density at radius 1 is 1.27 bits per heavy atom. The molecular weight excluding hydrogens is 339 g/mol. The maximum absolute atomic E-state index is 13.4. The molecular formula is C19H19FN2O4. The molecule has 0 radical (unpaired) electrons. The molecule has 26 heavy (non-hydrogen) atoms. The number of fused-ring (bicyclic) bond motifs is 1. The van der Waals surface area contributed by atoms with Crippen molar-refractivity contribution in [3.05, 3.63) is 47.0 Å². The van der Waals surface area contributed by atoms with Crippen molar-refractivity contribution >= 4 is 23.1 Å². The molecule has 3 heterocycles. The lowest BCUT2D eigenvalue weighted by molar-refractivity contribution is -0.132. The van der Waals surface area contributed by atoms with Crippen LogP contribution in [0, 0.1) is 5.82 Å². The minimum Gasteiger partial charge on any atom is -0.482 e. The summed E-state index contributed by atoms with van der Waals surface area (Å²) in [6.07, 6.45) is 1.63. The lowest BCUT2D eigenvalue weighted by atomic mass is 9.97. The molecule has 1 saturated heterocycles. The molecule has 4 rings (SSSR count). The normalized spacial score (nSPS) is 24.0. The summed E-state index contributed by atoms with van der Waals surface area (Å²) in [6.45, 7) is 5.67. The van der Waals surface area contributed by atoms with E-state index in [0.29, 0.717) is 54.5 Å². The second kappa shape index (κ2) is 5.95. The predicted octanol–water partition coefficient (Wildman–Crippen LogP) is 2.08. The molecule has 1 fully saturated rings. The number of allylic oxidation sites excluding steroid dienone is 1. The van der Waals surface area contributed by atoms with Gasteiger partial charge in [0, 0.05) is 18.7 Å². The van der Waals surface area contributed by atoms with Gasteiger partial charge in [-0.05, 0) is 38.1 Å². The van der Waals surface area contributed by atoms with Crippen molar-refractivity contribution in [2.24, 2.45) is 0 Å². The molecule has 3 aliphatic rings. The second-order valence-corrected chi connectivity index (χ2v) is 6.96. The van der Waals surface area contributed by atoms with Crippen LogP contribution in [-0.2, 0) is 19.1 Å². The molecule has 0 saturated carbocycles. The van der Waals surface area contributed by atoms with Crippen LogP contribution >= 0.6 is 0 Å². The number of hydrogen-bond acceptors (Lipinski definition) is 4. The molecule has 1 N–H and O–H groups in total. The summed E-state index contributed by atoms with van der Waals surface area (Å²) in [6, 6.07) is 4.10. The van der Waals surface area contributed by atoms with Gasteiger partial charge in [0.1, 0.15) is 17.2 Å². The van der Waals surface area contributed by atoms with Gasteiger partial charge < -0.3 is 19.7 Å². The summed E-state index contributed by atoms with van der Waals surface area (Å²) in [5, 5.41) is 2.64. The van der Waals surface area contributed by atoms with Crippen LogP contribution in [-0.4, -0.2) is 48.6 Å². The Morgan fingerprint density at radius 2 is 2.00 bits per heavy atom. The predicted molar refractivity (Wildman–Crippen MR) is 92.6 cm³/mol. The third-order valence-electron chi connectivity index (χ3n) is 4.79. The van der Waals surface area contributed by atoms with Crippen LogP contribution in [0.25, 0.3) is 5.57 Å². The van der Waals surface area contributed by atoms with E-state index < -0.39 is 11.4 Å². The Balaban J connectivity index is 1.75. The molecule has 0 aromatic heterocycles. The summed E-state index contributed by atoms with van der Waals surface area (Å²) in [7, 11) is 0. The Bertz CT molecular complexity index is 866. The fourth-order valence-electron chi connectivity index (χ4n) is 3.43. The number of nitrogens with zero attached hydrogens (tertiary/aromatic N) is 1. The van der Waals surface area contributed by atoms with Gasteiger partial charge in [0.25, 0.3) is 11.8 Å². The SMILES string of the molecule is CC1(C)O/C(=C2/C(=O)Nc3cc(F)ccc32)C=C1C(=O)N1CCOCC1. The molecule has 6 nitrogen and oxygen atoms in total.